The van der Waals surface area contributed by atoms with E-state index in [4.69, 9.17) is 4.74 Å². The molecule has 0 unspecified atom stereocenters. The van der Waals surface area contributed by atoms with Gasteiger partial charge in [0.25, 0.3) is 11.8 Å². The second kappa shape index (κ2) is 7.96. The lowest BCUT2D eigenvalue weighted by molar-refractivity contribution is -0.129. The third kappa shape index (κ3) is 4.81. The maximum atomic E-state index is 12.0. The van der Waals surface area contributed by atoms with Crippen LogP contribution >= 0.6 is 0 Å². The van der Waals surface area contributed by atoms with Gasteiger partial charge >= 0.3 is 5.97 Å². The molecule has 0 aliphatic heterocycles. The van der Waals surface area contributed by atoms with Gasteiger partial charge in [0.05, 0.1) is 0 Å². The fourth-order valence-electron chi connectivity index (χ4n) is 1.97. The van der Waals surface area contributed by atoms with Gasteiger partial charge in [0.2, 0.25) is 0 Å². The molecule has 0 saturated carbocycles. The monoisotopic (exact) mass is 342 g/mol. The molecule has 0 aliphatic rings. The van der Waals surface area contributed by atoms with E-state index in [9.17, 15) is 19.5 Å². The van der Waals surface area contributed by atoms with Crippen molar-refractivity contribution < 1.29 is 24.2 Å². The van der Waals surface area contributed by atoms with Crippen molar-refractivity contribution in [3.63, 3.8) is 0 Å². The molecular weight excluding hydrogens is 324 g/mol. The molecule has 25 heavy (non-hydrogen) atoms. The van der Waals surface area contributed by atoms with E-state index < -0.39 is 23.9 Å². The van der Waals surface area contributed by atoms with Gasteiger partial charge in [-0.15, -0.1) is 0 Å². The predicted octanol–water partition coefficient (Wildman–Crippen LogP) is 1.71. The fraction of sp³-hybridized carbons (Fsp3) is 0.167. The summed E-state index contributed by atoms with van der Waals surface area (Å²) in [6, 6.07) is 12.8. The van der Waals surface area contributed by atoms with Crippen LogP contribution in [-0.4, -0.2) is 29.0 Å². The quantitative estimate of drug-likeness (QED) is 0.579. The van der Waals surface area contributed by atoms with E-state index in [1.54, 1.807) is 43.3 Å². The standard InChI is InChI=1S/C18H18N2O5/c1-11-8-9-14(15(21)10-11)18(24)25-12(2)16(22)19-20-17(23)13-6-4-3-5-7-13/h3-10,12,21H,1-2H3,(H,19,22)(H,20,23)/t12-/m0/s1. The van der Waals surface area contributed by atoms with E-state index in [0.717, 1.165) is 5.56 Å². The van der Waals surface area contributed by atoms with Gasteiger partial charge < -0.3 is 9.84 Å². The minimum Gasteiger partial charge on any atom is -0.507 e. The highest BCUT2D eigenvalue weighted by molar-refractivity contribution is 5.97. The Labute approximate surface area is 144 Å². The Hall–Kier alpha value is -3.35. The van der Waals surface area contributed by atoms with Crippen LogP contribution in [0, 0.1) is 6.92 Å². The summed E-state index contributed by atoms with van der Waals surface area (Å²) in [5.74, 6) is -2.27. The first-order valence-corrected chi connectivity index (χ1v) is 7.54. The maximum Gasteiger partial charge on any atom is 0.342 e. The Balaban J connectivity index is 1.89. The van der Waals surface area contributed by atoms with Crippen LogP contribution in [0.2, 0.25) is 0 Å². The molecule has 2 aromatic carbocycles. The molecule has 0 heterocycles. The van der Waals surface area contributed by atoms with Crippen LogP contribution in [0.15, 0.2) is 48.5 Å². The second-order valence-corrected chi connectivity index (χ2v) is 5.38. The molecule has 2 aromatic rings. The van der Waals surface area contributed by atoms with Gasteiger partial charge in [-0.05, 0) is 43.7 Å². The average Bonchev–Trinajstić information content (AvgIpc) is 2.59. The highest BCUT2D eigenvalue weighted by Gasteiger charge is 2.21. The van der Waals surface area contributed by atoms with E-state index in [1.165, 1.54) is 19.1 Å². The van der Waals surface area contributed by atoms with E-state index in [-0.39, 0.29) is 11.3 Å². The number of phenols is 1. The summed E-state index contributed by atoms with van der Waals surface area (Å²) in [6.45, 7) is 3.12. The van der Waals surface area contributed by atoms with Crippen LogP contribution in [0.4, 0.5) is 0 Å². The molecule has 0 radical (unpaired) electrons. The zero-order chi connectivity index (χ0) is 18.4. The number of carbonyl (C=O) groups is 3. The molecule has 7 heteroatoms. The van der Waals surface area contributed by atoms with Crippen molar-refractivity contribution in [1.82, 2.24) is 10.9 Å². The maximum absolute atomic E-state index is 12.0. The lowest BCUT2D eigenvalue weighted by Crippen LogP contribution is -2.46. The van der Waals surface area contributed by atoms with Gasteiger partial charge in [0, 0.05) is 5.56 Å². The van der Waals surface area contributed by atoms with Crippen LogP contribution in [0.5, 0.6) is 5.75 Å². The number of ether oxygens (including phenoxy) is 1. The fourth-order valence-corrected chi connectivity index (χ4v) is 1.97. The van der Waals surface area contributed by atoms with Gasteiger partial charge in [0.15, 0.2) is 6.10 Å². The van der Waals surface area contributed by atoms with Gasteiger partial charge in [-0.25, -0.2) is 4.79 Å². The van der Waals surface area contributed by atoms with E-state index in [2.05, 4.69) is 10.9 Å². The smallest absolute Gasteiger partial charge is 0.342 e. The summed E-state index contributed by atoms with van der Waals surface area (Å²) in [6.07, 6.45) is -1.16. The average molecular weight is 342 g/mol. The Morgan fingerprint density at radius 3 is 2.36 bits per heavy atom. The molecule has 2 rings (SSSR count). The largest absolute Gasteiger partial charge is 0.507 e. The molecule has 3 N–H and O–H groups in total. The molecule has 130 valence electrons. The minimum absolute atomic E-state index is 0.0430. The number of nitrogens with one attached hydrogen (secondary N) is 2. The Kier molecular flexibility index (Phi) is 5.73. The molecule has 0 saturated heterocycles. The van der Waals surface area contributed by atoms with Crippen LogP contribution in [0.25, 0.3) is 0 Å². The number of hydrogen-bond donors (Lipinski definition) is 3. The molecule has 0 bridgehead atoms. The van der Waals surface area contributed by atoms with Crippen LogP contribution < -0.4 is 10.9 Å². The van der Waals surface area contributed by atoms with Crippen molar-refractivity contribution in [2.45, 2.75) is 20.0 Å². The predicted molar refractivity (Wildman–Crippen MR) is 89.8 cm³/mol. The number of phenolic OH excluding ortho intramolecular Hbond substituents is 1. The number of aryl methyl sites for hydroxylation is 1. The summed E-state index contributed by atoms with van der Waals surface area (Å²) in [5.41, 5.74) is 5.53. The first kappa shape index (κ1) is 18.0. The summed E-state index contributed by atoms with van der Waals surface area (Å²) in [4.78, 5) is 35.7. The molecular formula is C18H18N2O5. The summed E-state index contributed by atoms with van der Waals surface area (Å²) >= 11 is 0. The Morgan fingerprint density at radius 1 is 1.04 bits per heavy atom. The zero-order valence-electron chi connectivity index (χ0n) is 13.8. The molecule has 0 aromatic heterocycles. The zero-order valence-corrected chi connectivity index (χ0v) is 13.8. The Morgan fingerprint density at radius 2 is 1.72 bits per heavy atom. The molecule has 7 nitrogen and oxygen atoms in total. The van der Waals surface area contributed by atoms with Gasteiger partial charge in [-0.1, -0.05) is 24.3 Å². The normalized spacial score (nSPS) is 11.3. The number of carbonyl (C=O) groups excluding carboxylic acids is 3. The third-order valence-corrected chi connectivity index (χ3v) is 3.36. The summed E-state index contributed by atoms with van der Waals surface area (Å²) in [7, 11) is 0. The third-order valence-electron chi connectivity index (χ3n) is 3.36. The highest BCUT2D eigenvalue weighted by Crippen LogP contribution is 2.19. The Bertz CT molecular complexity index is 789. The lowest BCUT2D eigenvalue weighted by Gasteiger charge is -2.14. The van der Waals surface area contributed by atoms with Gasteiger partial charge in [-0.2, -0.15) is 0 Å². The van der Waals surface area contributed by atoms with Crippen molar-refractivity contribution in [3.8, 4) is 5.75 Å². The number of hydrogen-bond acceptors (Lipinski definition) is 5. The van der Waals surface area contributed by atoms with Gasteiger partial charge in [0.1, 0.15) is 11.3 Å². The van der Waals surface area contributed by atoms with E-state index >= 15 is 0 Å². The van der Waals surface area contributed by atoms with E-state index in [0.29, 0.717) is 5.56 Å². The lowest BCUT2D eigenvalue weighted by atomic mass is 10.1. The molecule has 0 spiro atoms. The second-order valence-electron chi connectivity index (χ2n) is 5.38. The molecule has 0 aliphatic carbocycles. The summed E-state index contributed by atoms with van der Waals surface area (Å²) < 4.78 is 4.99. The van der Waals surface area contributed by atoms with Crippen molar-refractivity contribution in [2.75, 3.05) is 0 Å². The van der Waals surface area contributed by atoms with Crippen molar-refractivity contribution in [3.05, 3.63) is 65.2 Å². The van der Waals surface area contributed by atoms with Crippen molar-refractivity contribution in [2.24, 2.45) is 0 Å². The van der Waals surface area contributed by atoms with Gasteiger partial charge in [-0.3, -0.25) is 20.4 Å². The van der Waals surface area contributed by atoms with Crippen molar-refractivity contribution in [1.29, 1.82) is 0 Å². The minimum atomic E-state index is -1.16. The molecule has 1 atom stereocenters. The highest BCUT2D eigenvalue weighted by atomic mass is 16.5. The van der Waals surface area contributed by atoms with Crippen molar-refractivity contribution >= 4 is 17.8 Å². The van der Waals surface area contributed by atoms with Crippen LogP contribution in [0.1, 0.15) is 33.2 Å². The van der Waals surface area contributed by atoms with Crippen LogP contribution in [0.3, 0.4) is 0 Å². The number of rotatable bonds is 4. The van der Waals surface area contributed by atoms with Crippen LogP contribution in [-0.2, 0) is 9.53 Å². The number of esters is 1. The van der Waals surface area contributed by atoms with E-state index in [1.807, 2.05) is 0 Å². The molecule has 0 fully saturated rings. The molecule has 2 amide bonds. The number of amides is 2. The first-order chi connectivity index (χ1) is 11.9. The SMILES string of the molecule is Cc1ccc(C(=O)O[C@@H](C)C(=O)NNC(=O)c2ccccc2)c(O)c1. The topological polar surface area (TPSA) is 105 Å². The number of benzene rings is 2. The first-order valence-electron chi connectivity index (χ1n) is 7.54. The summed E-state index contributed by atoms with van der Waals surface area (Å²) in [5, 5.41) is 9.76. The number of hydrazine groups is 1. The number of aromatic hydroxyl groups is 1.